The summed E-state index contributed by atoms with van der Waals surface area (Å²) in [5.74, 6) is -0.703. The summed E-state index contributed by atoms with van der Waals surface area (Å²) in [7, 11) is 1.43. The highest BCUT2D eigenvalue weighted by Gasteiger charge is 2.36. The van der Waals surface area contributed by atoms with E-state index in [-0.39, 0.29) is 41.7 Å². The number of allylic oxidation sites excluding steroid dienone is 2. The lowest BCUT2D eigenvalue weighted by Gasteiger charge is -2.27. The second kappa shape index (κ2) is 10.4. The second-order valence-electron chi connectivity index (χ2n) is 7.20. The number of nitro benzene ring substituents is 1. The molecule has 176 valence electrons. The van der Waals surface area contributed by atoms with Gasteiger partial charge in [-0.2, -0.15) is 5.26 Å². The van der Waals surface area contributed by atoms with Gasteiger partial charge in [-0.25, -0.2) is 4.79 Å². The maximum Gasteiger partial charge on any atom is 0.338 e. The summed E-state index contributed by atoms with van der Waals surface area (Å²) >= 11 is 0. The van der Waals surface area contributed by atoms with E-state index in [4.69, 9.17) is 24.7 Å². The molecule has 34 heavy (non-hydrogen) atoms. The van der Waals surface area contributed by atoms with Crippen LogP contribution in [0, 0.1) is 21.4 Å². The Morgan fingerprint density at radius 3 is 2.65 bits per heavy atom. The van der Waals surface area contributed by atoms with Crippen molar-refractivity contribution >= 4 is 11.7 Å². The van der Waals surface area contributed by atoms with Gasteiger partial charge in [-0.1, -0.05) is 18.2 Å². The minimum absolute atomic E-state index is 0.0562. The Kier molecular flexibility index (Phi) is 7.38. The molecular weight excluding hydrogens is 442 g/mol. The van der Waals surface area contributed by atoms with E-state index in [1.54, 1.807) is 50.2 Å². The molecule has 0 aromatic heterocycles. The molecule has 2 aromatic carbocycles. The van der Waals surface area contributed by atoms with E-state index in [0.717, 1.165) is 0 Å². The van der Waals surface area contributed by atoms with Gasteiger partial charge in [0.2, 0.25) is 5.88 Å². The van der Waals surface area contributed by atoms with Gasteiger partial charge in [-0.3, -0.25) is 10.1 Å². The first kappa shape index (κ1) is 24.1. The van der Waals surface area contributed by atoms with Crippen molar-refractivity contribution in [1.29, 1.82) is 5.26 Å². The lowest BCUT2D eigenvalue weighted by atomic mass is 9.83. The van der Waals surface area contributed by atoms with E-state index in [1.807, 2.05) is 6.07 Å². The first-order valence-corrected chi connectivity index (χ1v) is 10.3. The molecule has 0 saturated heterocycles. The van der Waals surface area contributed by atoms with Gasteiger partial charge in [0.25, 0.3) is 5.69 Å². The van der Waals surface area contributed by atoms with Crippen LogP contribution in [0.25, 0.3) is 0 Å². The second-order valence-corrected chi connectivity index (χ2v) is 7.20. The molecule has 0 bridgehead atoms. The zero-order valence-corrected chi connectivity index (χ0v) is 18.9. The van der Waals surface area contributed by atoms with Crippen molar-refractivity contribution in [3.63, 3.8) is 0 Å². The van der Waals surface area contributed by atoms with Crippen molar-refractivity contribution in [2.24, 2.45) is 5.73 Å². The van der Waals surface area contributed by atoms with Crippen molar-refractivity contribution in [2.75, 3.05) is 13.7 Å². The third-order valence-corrected chi connectivity index (χ3v) is 5.19. The quantitative estimate of drug-likeness (QED) is 0.349. The molecule has 2 aromatic rings. The number of rotatable bonds is 8. The summed E-state index contributed by atoms with van der Waals surface area (Å²) in [5, 5.41) is 21.0. The number of esters is 1. The van der Waals surface area contributed by atoms with Crippen LogP contribution in [0.5, 0.6) is 11.5 Å². The molecule has 2 N–H and O–H groups in total. The number of nitriles is 1. The Balaban J connectivity index is 1.99. The fraction of sp³-hybridized carbons (Fsp3) is 0.250. The van der Waals surface area contributed by atoms with Crippen LogP contribution in [0.1, 0.15) is 30.9 Å². The van der Waals surface area contributed by atoms with Crippen LogP contribution in [-0.2, 0) is 20.9 Å². The van der Waals surface area contributed by atoms with Gasteiger partial charge in [0.15, 0.2) is 11.5 Å². The predicted octanol–water partition coefficient (Wildman–Crippen LogP) is 3.83. The lowest BCUT2D eigenvalue weighted by Crippen LogP contribution is -2.25. The third-order valence-electron chi connectivity index (χ3n) is 5.19. The Morgan fingerprint density at radius 1 is 1.26 bits per heavy atom. The molecule has 10 nitrogen and oxygen atoms in total. The molecule has 0 spiro atoms. The standard InChI is InChI=1S/C24H23N3O7/c1-4-32-24(28)21-14(2)34-23(26)17(12-25)22(21)15-9-10-19(20(11-15)31-3)33-13-16-7-5-6-8-18(16)27(29)30/h5-11,22H,4,13,26H2,1-3H3. The number of hydrogen-bond donors (Lipinski definition) is 1. The van der Waals surface area contributed by atoms with Crippen LogP contribution in [0.3, 0.4) is 0 Å². The highest BCUT2D eigenvalue weighted by molar-refractivity contribution is 5.92. The average Bonchev–Trinajstić information content (AvgIpc) is 2.82. The summed E-state index contributed by atoms with van der Waals surface area (Å²) in [5.41, 5.74) is 7.02. The number of nitrogens with zero attached hydrogens (tertiary/aromatic N) is 2. The van der Waals surface area contributed by atoms with Crippen LogP contribution in [-0.4, -0.2) is 24.6 Å². The van der Waals surface area contributed by atoms with E-state index >= 15 is 0 Å². The van der Waals surface area contributed by atoms with Crippen LogP contribution < -0.4 is 15.2 Å². The van der Waals surface area contributed by atoms with E-state index in [0.29, 0.717) is 22.6 Å². The first-order valence-electron chi connectivity index (χ1n) is 10.3. The molecule has 1 aliphatic heterocycles. The molecule has 0 aliphatic carbocycles. The summed E-state index contributed by atoms with van der Waals surface area (Å²) < 4.78 is 21.8. The van der Waals surface area contributed by atoms with Gasteiger partial charge in [0, 0.05) is 6.07 Å². The molecule has 0 fully saturated rings. The molecule has 1 aliphatic rings. The fourth-order valence-corrected chi connectivity index (χ4v) is 3.64. The SMILES string of the molecule is CCOC(=O)C1=C(C)OC(N)=C(C#N)C1c1ccc(OCc2ccccc2[N+](=O)[O-])c(OC)c1. The molecule has 1 atom stereocenters. The van der Waals surface area contributed by atoms with Gasteiger partial charge < -0.3 is 24.7 Å². The van der Waals surface area contributed by atoms with Gasteiger partial charge in [-0.05, 0) is 37.6 Å². The van der Waals surface area contributed by atoms with E-state index in [1.165, 1.54) is 13.2 Å². The summed E-state index contributed by atoms with van der Waals surface area (Å²) in [6, 6.07) is 13.1. The number of nitro groups is 1. The number of nitrogens with two attached hydrogens (primary N) is 1. The monoisotopic (exact) mass is 465 g/mol. The van der Waals surface area contributed by atoms with Gasteiger partial charge >= 0.3 is 5.97 Å². The highest BCUT2D eigenvalue weighted by atomic mass is 16.6. The topological polar surface area (TPSA) is 147 Å². The Bertz CT molecular complexity index is 1230. The third kappa shape index (κ3) is 4.78. The van der Waals surface area contributed by atoms with E-state index in [9.17, 15) is 20.2 Å². The number of hydrogen-bond acceptors (Lipinski definition) is 9. The minimum Gasteiger partial charge on any atom is -0.493 e. The Labute approximate surface area is 195 Å². The van der Waals surface area contributed by atoms with Crippen LogP contribution in [0.2, 0.25) is 0 Å². The van der Waals surface area contributed by atoms with Crippen molar-refractivity contribution in [2.45, 2.75) is 26.4 Å². The molecule has 1 unspecified atom stereocenters. The number of carbonyl (C=O) groups excluding carboxylic acids is 1. The molecule has 3 rings (SSSR count). The number of methoxy groups -OCH3 is 1. The van der Waals surface area contributed by atoms with Gasteiger partial charge in [0.05, 0.1) is 35.7 Å². The average molecular weight is 465 g/mol. The fourth-order valence-electron chi connectivity index (χ4n) is 3.64. The van der Waals surface area contributed by atoms with Crippen molar-refractivity contribution in [3.05, 3.63) is 86.5 Å². The van der Waals surface area contributed by atoms with Crippen LogP contribution >= 0.6 is 0 Å². The summed E-state index contributed by atoms with van der Waals surface area (Å²) in [4.78, 5) is 23.5. The molecule has 10 heteroatoms. The Morgan fingerprint density at radius 2 is 2.00 bits per heavy atom. The Hall–Kier alpha value is -4.52. The summed E-state index contributed by atoms with van der Waals surface area (Å²) in [6.07, 6.45) is 0. The van der Waals surface area contributed by atoms with Crippen molar-refractivity contribution < 1.29 is 28.7 Å². The summed E-state index contributed by atoms with van der Waals surface area (Å²) in [6.45, 7) is 3.33. The number of ether oxygens (including phenoxy) is 4. The number of benzene rings is 2. The normalized spacial score (nSPS) is 15.3. The van der Waals surface area contributed by atoms with Crippen LogP contribution in [0.15, 0.2) is 65.3 Å². The van der Waals surface area contributed by atoms with Gasteiger partial charge in [0.1, 0.15) is 24.0 Å². The van der Waals surface area contributed by atoms with Crippen molar-refractivity contribution in [3.8, 4) is 17.6 Å². The molecule has 0 amide bonds. The molecule has 0 radical (unpaired) electrons. The van der Waals surface area contributed by atoms with Crippen molar-refractivity contribution in [1.82, 2.24) is 0 Å². The smallest absolute Gasteiger partial charge is 0.338 e. The van der Waals surface area contributed by atoms with Gasteiger partial charge in [-0.15, -0.1) is 0 Å². The molecule has 1 heterocycles. The number of para-hydroxylation sites is 1. The first-order chi connectivity index (χ1) is 16.3. The van der Waals surface area contributed by atoms with E-state index in [2.05, 4.69) is 0 Å². The zero-order valence-electron chi connectivity index (χ0n) is 18.9. The van der Waals surface area contributed by atoms with Crippen LogP contribution in [0.4, 0.5) is 5.69 Å². The number of carbonyl (C=O) groups is 1. The van der Waals surface area contributed by atoms with E-state index < -0.39 is 16.8 Å². The predicted molar refractivity (Wildman–Crippen MR) is 120 cm³/mol. The molecule has 0 saturated carbocycles. The lowest BCUT2D eigenvalue weighted by molar-refractivity contribution is -0.385. The minimum atomic E-state index is -0.837. The highest BCUT2D eigenvalue weighted by Crippen LogP contribution is 2.42. The largest absolute Gasteiger partial charge is 0.493 e. The zero-order chi connectivity index (χ0) is 24.8. The maximum atomic E-state index is 12.7. The maximum absolute atomic E-state index is 12.7. The molecular formula is C24H23N3O7.